The van der Waals surface area contributed by atoms with Crippen LogP contribution in [-0.2, 0) is 9.53 Å². The largest absolute Gasteiger partial charge is 0.493 e. The summed E-state index contributed by atoms with van der Waals surface area (Å²) in [6.07, 6.45) is 1.92. The van der Waals surface area contributed by atoms with Gasteiger partial charge in [0.25, 0.3) is 0 Å². The van der Waals surface area contributed by atoms with E-state index in [0.29, 0.717) is 46.8 Å². The van der Waals surface area contributed by atoms with Crippen molar-refractivity contribution >= 4 is 34.5 Å². The van der Waals surface area contributed by atoms with E-state index in [-0.39, 0.29) is 18.6 Å². The van der Waals surface area contributed by atoms with E-state index in [2.05, 4.69) is 4.99 Å². The summed E-state index contributed by atoms with van der Waals surface area (Å²) in [5.74, 6) is 1.35. The van der Waals surface area contributed by atoms with Gasteiger partial charge in [0.2, 0.25) is 0 Å². The minimum absolute atomic E-state index is 0.288. The second-order valence-corrected chi connectivity index (χ2v) is 8.64. The number of nitrogens with zero attached hydrogens (tertiary/aromatic N) is 2. The third-order valence-corrected chi connectivity index (χ3v) is 6.34. The van der Waals surface area contributed by atoms with Crippen LogP contribution >= 0.6 is 23.4 Å². The van der Waals surface area contributed by atoms with Crippen LogP contribution < -0.4 is 14.2 Å². The summed E-state index contributed by atoms with van der Waals surface area (Å²) in [5.41, 5.74) is 2.00. The van der Waals surface area contributed by atoms with Crippen LogP contribution in [0, 0.1) is 0 Å². The maximum Gasteiger partial charge on any atom is 0.338 e. The quantitative estimate of drug-likeness (QED) is 0.329. The summed E-state index contributed by atoms with van der Waals surface area (Å²) in [6.45, 7) is 4.53. The second kappa shape index (κ2) is 10.9. The molecule has 0 amide bonds. The fourth-order valence-corrected chi connectivity index (χ4v) is 4.72. The highest BCUT2D eigenvalue weighted by Crippen LogP contribution is 2.43. The molecule has 0 radical (unpaired) electrons. The van der Waals surface area contributed by atoms with E-state index < -0.39 is 0 Å². The van der Waals surface area contributed by atoms with Crippen molar-refractivity contribution < 1.29 is 23.7 Å². The van der Waals surface area contributed by atoms with Gasteiger partial charge in [-0.25, -0.2) is 9.79 Å². The van der Waals surface area contributed by atoms with Gasteiger partial charge in [0.1, 0.15) is 19.0 Å². The van der Waals surface area contributed by atoms with E-state index in [4.69, 9.17) is 30.5 Å². The Balaban J connectivity index is 1.53. The molecule has 7 nitrogen and oxygen atoms in total. The van der Waals surface area contributed by atoms with Crippen LogP contribution in [0.1, 0.15) is 25.5 Å². The van der Waals surface area contributed by atoms with Crippen LogP contribution in [0.2, 0.25) is 5.02 Å². The monoisotopic (exact) mass is 500 g/mol. The molecule has 2 aliphatic heterocycles. The predicted octanol–water partition coefficient (Wildman–Crippen LogP) is 5.57. The first-order valence-corrected chi connectivity index (χ1v) is 12.1. The zero-order valence-corrected chi connectivity index (χ0v) is 20.7. The van der Waals surface area contributed by atoms with E-state index in [0.717, 1.165) is 10.7 Å². The van der Waals surface area contributed by atoms with Gasteiger partial charge in [-0.1, -0.05) is 41.6 Å². The average molecular weight is 501 g/mol. The summed E-state index contributed by atoms with van der Waals surface area (Å²) in [7, 11) is 1.58. The van der Waals surface area contributed by atoms with Crippen LogP contribution in [0.5, 0.6) is 17.2 Å². The molecule has 0 fully saturated rings. The molecule has 2 aliphatic rings. The smallest absolute Gasteiger partial charge is 0.338 e. The Kier molecular flexibility index (Phi) is 7.70. The molecule has 34 heavy (non-hydrogen) atoms. The molecule has 0 unspecified atom stereocenters. The van der Waals surface area contributed by atoms with E-state index in [1.54, 1.807) is 26.2 Å². The highest BCUT2D eigenvalue weighted by Gasteiger charge is 2.37. The highest BCUT2D eigenvalue weighted by molar-refractivity contribution is 8.16. The van der Waals surface area contributed by atoms with Crippen LogP contribution in [0.4, 0.5) is 0 Å². The molecular weight excluding hydrogens is 476 g/mol. The van der Waals surface area contributed by atoms with E-state index in [1.165, 1.54) is 11.8 Å². The minimum atomic E-state index is -0.385. The van der Waals surface area contributed by atoms with Crippen molar-refractivity contribution in [1.82, 2.24) is 4.90 Å². The molecule has 0 saturated carbocycles. The summed E-state index contributed by atoms with van der Waals surface area (Å²) < 4.78 is 22.5. The van der Waals surface area contributed by atoms with Gasteiger partial charge in [-0.05, 0) is 49.1 Å². The number of halogens is 1. The third-order valence-electron chi connectivity index (χ3n) is 5.25. The van der Waals surface area contributed by atoms with Crippen molar-refractivity contribution in [2.75, 3.05) is 26.9 Å². The molecule has 0 spiro atoms. The molecule has 0 saturated heterocycles. The van der Waals surface area contributed by atoms with Gasteiger partial charge in [0, 0.05) is 6.20 Å². The van der Waals surface area contributed by atoms with Crippen molar-refractivity contribution in [3.05, 3.63) is 75.9 Å². The van der Waals surface area contributed by atoms with E-state index in [9.17, 15) is 4.79 Å². The maximum atomic E-state index is 12.8. The lowest BCUT2D eigenvalue weighted by Gasteiger charge is -2.33. The molecule has 2 aromatic carbocycles. The Hall–Kier alpha value is -3.10. The number of benzene rings is 2. The fraction of sp³-hybridized carbons (Fsp3) is 0.280. The second-order valence-electron chi connectivity index (χ2n) is 7.36. The number of hydrogen-bond donors (Lipinski definition) is 0. The van der Waals surface area contributed by atoms with Gasteiger partial charge < -0.3 is 23.8 Å². The number of fused-ring (bicyclic) bond motifs is 1. The fourth-order valence-electron chi connectivity index (χ4n) is 3.74. The maximum absolute atomic E-state index is 12.8. The van der Waals surface area contributed by atoms with Crippen LogP contribution in [0.25, 0.3) is 0 Å². The summed E-state index contributed by atoms with van der Waals surface area (Å²) in [4.78, 5) is 19.4. The molecule has 4 rings (SSSR count). The number of ether oxygens (including phenoxy) is 4. The molecule has 2 aromatic rings. The van der Waals surface area contributed by atoms with Crippen LogP contribution in [0.15, 0.2) is 70.3 Å². The van der Waals surface area contributed by atoms with Gasteiger partial charge in [0.15, 0.2) is 16.7 Å². The number of allylic oxidation sites excluding steroid dienone is 1. The van der Waals surface area contributed by atoms with Crippen molar-refractivity contribution in [2.24, 2.45) is 4.99 Å². The van der Waals surface area contributed by atoms with Crippen molar-refractivity contribution in [3.8, 4) is 17.2 Å². The lowest BCUT2D eigenvalue weighted by atomic mass is 9.94. The topological polar surface area (TPSA) is 69.6 Å². The Morgan fingerprint density at radius 2 is 1.88 bits per heavy atom. The molecule has 0 bridgehead atoms. The normalized spacial score (nSPS) is 16.8. The predicted molar refractivity (Wildman–Crippen MR) is 134 cm³/mol. The number of amidine groups is 1. The zero-order valence-electron chi connectivity index (χ0n) is 19.1. The number of esters is 1. The molecule has 0 aromatic heterocycles. The van der Waals surface area contributed by atoms with Gasteiger partial charge >= 0.3 is 5.97 Å². The molecule has 0 N–H and O–H groups in total. The first-order chi connectivity index (χ1) is 16.5. The molecule has 1 atom stereocenters. The minimum Gasteiger partial charge on any atom is -0.493 e. The molecule has 178 valence electrons. The van der Waals surface area contributed by atoms with Gasteiger partial charge in [-0.15, -0.1) is 0 Å². The average Bonchev–Trinajstić information content (AvgIpc) is 3.30. The Morgan fingerprint density at radius 3 is 2.62 bits per heavy atom. The standard InChI is InChI=1S/C25H25ClN2O5S/c1-4-31-24(29)22-16(2)27-25-28(11-14-34-25)23(22)17-9-10-20(21(15-17)30-3)33-13-12-32-19-8-6-5-7-18(19)26/h5-11,14-15,23H,4,12-13H2,1-3H3/t23-/m1/s1. The number of thioether (sulfide) groups is 1. The summed E-state index contributed by atoms with van der Waals surface area (Å²) in [5, 5.41) is 3.31. The van der Waals surface area contributed by atoms with Crippen molar-refractivity contribution in [3.63, 3.8) is 0 Å². The Labute approximate surface area is 208 Å². The highest BCUT2D eigenvalue weighted by atomic mass is 35.5. The molecule has 2 heterocycles. The summed E-state index contributed by atoms with van der Waals surface area (Å²) in [6, 6.07) is 12.5. The number of methoxy groups -OCH3 is 1. The van der Waals surface area contributed by atoms with Crippen molar-refractivity contribution in [1.29, 1.82) is 0 Å². The number of hydrogen-bond acceptors (Lipinski definition) is 8. The van der Waals surface area contributed by atoms with Crippen LogP contribution in [-0.4, -0.2) is 43.0 Å². The van der Waals surface area contributed by atoms with E-state index in [1.807, 2.05) is 53.8 Å². The Morgan fingerprint density at radius 1 is 1.12 bits per heavy atom. The number of para-hydroxylation sites is 1. The Bertz CT molecular complexity index is 1160. The summed E-state index contributed by atoms with van der Waals surface area (Å²) >= 11 is 7.63. The van der Waals surface area contributed by atoms with Gasteiger partial charge in [0.05, 0.1) is 36.1 Å². The first kappa shape index (κ1) is 24.0. The van der Waals surface area contributed by atoms with Gasteiger partial charge in [-0.2, -0.15) is 0 Å². The lowest BCUT2D eigenvalue weighted by Crippen LogP contribution is -2.34. The molecule has 0 aliphatic carbocycles. The first-order valence-electron chi connectivity index (χ1n) is 10.8. The van der Waals surface area contributed by atoms with Crippen molar-refractivity contribution in [2.45, 2.75) is 19.9 Å². The zero-order chi connectivity index (χ0) is 24.1. The SMILES string of the molecule is CCOC(=O)C1=C(C)N=C2SC=CN2[C@@H]1c1ccc(OCCOc2ccccc2Cl)c(OC)c1. The lowest BCUT2D eigenvalue weighted by molar-refractivity contribution is -0.139. The molecule has 9 heteroatoms. The van der Waals surface area contributed by atoms with Crippen LogP contribution in [0.3, 0.4) is 0 Å². The van der Waals surface area contributed by atoms with E-state index >= 15 is 0 Å². The van der Waals surface area contributed by atoms with Gasteiger partial charge in [-0.3, -0.25) is 0 Å². The number of carbonyl (C=O) groups is 1. The third kappa shape index (κ3) is 5.03. The number of aliphatic imine (C=N–C) groups is 1. The number of rotatable bonds is 9. The number of carbonyl (C=O) groups excluding carboxylic acids is 1. The molecular formula is C25H25ClN2O5S.